The number of benzene rings is 22. The number of hydrogen-bond acceptors (Lipinski definition) is 6. The van der Waals surface area contributed by atoms with Gasteiger partial charge in [0.1, 0.15) is 5.69 Å². The summed E-state index contributed by atoms with van der Waals surface area (Å²) >= 11 is 0. The fourth-order valence-electron chi connectivity index (χ4n) is 18.8. The first-order valence-corrected chi connectivity index (χ1v) is 46.4. The van der Waals surface area contributed by atoms with Crippen molar-refractivity contribution >= 4 is 137 Å². The summed E-state index contributed by atoms with van der Waals surface area (Å²) in [5.74, 6) is -3.56. The van der Waals surface area contributed by atoms with Crippen LogP contribution in [-0.4, -0.2) is 26.0 Å². The van der Waals surface area contributed by atoms with Gasteiger partial charge in [0.2, 0.25) is 0 Å². The number of carboxylic acid groups (broad SMARTS) is 1. The first-order valence-electron chi connectivity index (χ1n) is 46.4. The van der Waals surface area contributed by atoms with Gasteiger partial charge >= 0.3 is 5.97 Å². The van der Waals surface area contributed by atoms with Crippen molar-refractivity contribution in [1.82, 2.24) is 15.0 Å². The first-order chi connectivity index (χ1) is 69.4. The van der Waals surface area contributed by atoms with Crippen molar-refractivity contribution in [1.29, 1.82) is 0 Å². The van der Waals surface area contributed by atoms with Crippen LogP contribution >= 0.6 is 0 Å². The molecular weight excluding hydrogens is 1930 g/mol. The third-order valence-corrected chi connectivity index (χ3v) is 25.4. The van der Waals surface area contributed by atoms with Crippen molar-refractivity contribution in [2.75, 3.05) is 9.80 Å². The molecule has 0 spiro atoms. The number of carbonyl (C=O) groups is 1. The molecule has 3 heterocycles. The molecule has 0 aliphatic carbocycles. The van der Waals surface area contributed by atoms with Crippen molar-refractivity contribution in [3.63, 3.8) is 0 Å². The number of aromatic nitrogens is 3. The summed E-state index contributed by atoms with van der Waals surface area (Å²) in [7, 11) is 0. The molecule has 0 aliphatic heterocycles. The zero-order chi connectivity index (χ0) is 95.5. The number of pyridine rings is 3. The van der Waals surface area contributed by atoms with Crippen molar-refractivity contribution in [2.24, 2.45) is 0 Å². The van der Waals surface area contributed by atoms with Gasteiger partial charge in [0.15, 0.2) is 0 Å². The number of halogens is 4. The van der Waals surface area contributed by atoms with Gasteiger partial charge in [-0.1, -0.05) is 357 Å². The predicted octanol–water partition coefficient (Wildman–Crippen LogP) is 35.5. The molecule has 1 N–H and O–H groups in total. The second kappa shape index (κ2) is 42.0. The molecular formula is C130H85F4IrN5O2-2. The minimum atomic E-state index is -0.990. The van der Waals surface area contributed by atoms with Crippen molar-refractivity contribution in [2.45, 2.75) is 0 Å². The van der Waals surface area contributed by atoms with Crippen LogP contribution in [0.15, 0.2) is 510 Å². The van der Waals surface area contributed by atoms with Gasteiger partial charge in [-0.15, -0.1) is 24.3 Å². The molecule has 681 valence electrons. The van der Waals surface area contributed by atoms with Gasteiger partial charge in [-0.05, 0) is 297 Å². The third kappa shape index (κ3) is 19.6. The molecule has 12 heteroatoms. The zero-order valence-electron chi connectivity index (χ0n) is 76.4. The molecule has 22 aromatic carbocycles. The van der Waals surface area contributed by atoms with E-state index in [1.165, 1.54) is 165 Å². The van der Waals surface area contributed by atoms with E-state index in [1.54, 1.807) is 60.9 Å². The Kier molecular flexibility index (Phi) is 27.1. The van der Waals surface area contributed by atoms with Gasteiger partial charge in [-0.2, -0.15) is 0 Å². The van der Waals surface area contributed by atoms with Gasteiger partial charge in [0, 0.05) is 96.1 Å². The van der Waals surface area contributed by atoms with Crippen LogP contribution < -0.4 is 9.80 Å². The Morgan fingerprint density at radius 1 is 0.225 bits per heavy atom. The van der Waals surface area contributed by atoms with Crippen LogP contribution in [0.4, 0.5) is 51.7 Å². The second-order valence-corrected chi connectivity index (χ2v) is 34.1. The summed E-state index contributed by atoms with van der Waals surface area (Å²) in [5.41, 5.74) is 20.3. The van der Waals surface area contributed by atoms with Gasteiger partial charge in [0.05, 0.1) is 0 Å². The number of carboxylic acids is 1. The molecule has 0 aliphatic rings. The molecule has 25 aromatic rings. The van der Waals surface area contributed by atoms with Crippen LogP contribution in [0.1, 0.15) is 10.5 Å². The van der Waals surface area contributed by atoms with Crippen molar-refractivity contribution < 1.29 is 47.6 Å². The van der Waals surface area contributed by atoms with E-state index < -0.39 is 29.2 Å². The van der Waals surface area contributed by atoms with Crippen LogP contribution in [0, 0.1) is 35.4 Å². The van der Waals surface area contributed by atoms with Gasteiger partial charge < -0.3 is 24.9 Å². The molecule has 0 unspecified atom stereocenters. The minimum absolute atomic E-state index is 0. The smallest absolute Gasteiger partial charge is 0.354 e. The van der Waals surface area contributed by atoms with Crippen molar-refractivity contribution in [3.05, 3.63) is 551 Å². The number of fused-ring (bicyclic) bond motifs is 9. The summed E-state index contributed by atoms with van der Waals surface area (Å²) in [6.45, 7) is 0. The number of hydrogen-bond donors (Lipinski definition) is 1. The van der Waals surface area contributed by atoms with Crippen molar-refractivity contribution in [3.8, 4) is 78.1 Å². The molecule has 0 saturated heterocycles. The maximum Gasteiger partial charge on any atom is 0.354 e. The summed E-state index contributed by atoms with van der Waals surface area (Å²) in [6, 6.07) is 174. The van der Waals surface area contributed by atoms with E-state index in [2.05, 4.69) is 449 Å². The second-order valence-electron chi connectivity index (χ2n) is 34.1. The quantitative estimate of drug-likeness (QED) is 0.0660. The van der Waals surface area contributed by atoms with E-state index in [-0.39, 0.29) is 36.9 Å². The standard InChI is InChI=1S/C58H40N2.C44H28.2C11H6F2N.C6H5NO2.Ir/c1-5-21-47(22-6-1)59(48-23-7-2-8-24-48)51-33-35-53-55(39-51)57(45-31-29-41-17-13-15-19-43(41)37-45)54-36-34-52(60(49-25-9-3-10-26-49)50-27-11-4-12-28-50)40-56(54)58(53)46-32-30-42-18-14-16-20-44(42)38-46;1-4-12-32-25-35(20-17-29(32)9-1)36-23-24-41-42(28-36)44(38-22-19-31-11-3-6-14-34(31)27-38)40-16-8-7-15-39(40)43(41)37-21-18-30-10-2-5-13-33(30)26-37;2*12-8-4-5-9(10(13)7-8)11-3-1-2-6-14-11;8-6(9)5-3-1-2-4-7-5;/h1-40H;1-28H;2*1-4,6-7H;1-4H,(H,8,9);/q;;2*-1;;. The summed E-state index contributed by atoms with van der Waals surface area (Å²) in [6.07, 6.45) is 4.54. The molecule has 3 aromatic heterocycles. The Bertz CT molecular complexity index is 8510. The molecule has 0 saturated carbocycles. The Labute approximate surface area is 832 Å². The van der Waals surface area contributed by atoms with Crippen LogP contribution in [0.5, 0.6) is 0 Å². The number of para-hydroxylation sites is 4. The van der Waals surface area contributed by atoms with E-state index in [0.29, 0.717) is 11.4 Å². The summed E-state index contributed by atoms with van der Waals surface area (Å²) in [4.78, 5) is 26.3. The number of nitrogens with zero attached hydrogens (tertiary/aromatic N) is 5. The Balaban J connectivity index is 0.000000129. The average molecular weight is 2020 g/mol. The predicted molar refractivity (Wildman–Crippen MR) is 575 cm³/mol. The summed E-state index contributed by atoms with van der Waals surface area (Å²) in [5, 5.41) is 30.7. The first kappa shape index (κ1) is 91.8. The molecule has 25 rings (SSSR count). The summed E-state index contributed by atoms with van der Waals surface area (Å²) < 4.78 is 51.6. The van der Waals surface area contributed by atoms with Crippen LogP contribution in [0.3, 0.4) is 0 Å². The molecule has 0 atom stereocenters. The minimum Gasteiger partial charge on any atom is -0.477 e. The van der Waals surface area contributed by atoms with Crippen LogP contribution in [0.25, 0.3) is 175 Å². The van der Waals surface area contributed by atoms with E-state index >= 15 is 0 Å². The zero-order valence-corrected chi connectivity index (χ0v) is 78.8. The molecule has 0 bridgehead atoms. The molecule has 142 heavy (non-hydrogen) atoms. The Morgan fingerprint density at radius 2 is 0.486 bits per heavy atom. The SMILES string of the molecule is Fc1c[c-]c(-c2ccccn2)c(F)c1.Fc1c[c-]c(-c2ccccn2)c(F)c1.O=C(O)c1ccccn1.[Ir].c1ccc(N(c2ccccc2)c2ccc3c(-c4ccc5ccccc5c4)c4cc(N(c5ccccc5)c5ccccc5)ccc4c(-c4ccc5ccccc5c4)c3c2)cc1.c1ccc2cc(-c3ccc4c(-c5ccc6ccccc6c5)c5ccccc5c(-c5ccc6ccccc6c5)c4c3)ccc2c1. The fraction of sp³-hybridized carbons (Fsp3) is 0. The maximum absolute atomic E-state index is 13.2. The average Bonchev–Trinajstić information content (AvgIpc) is 0.723. The number of anilines is 6. The van der Waals surface area contributed by atoms with E-state index in [4.69, 9.17) is 5.11 Å². The van der Waals surface area contributed by atoms with Gasteiger partial charge in [0.25, 0.3) is 0 Å². The monoisotopic (exact) mass is 2020 g/mol. The molecule has 7 nitrogen and oxygen atoms in total. The third-order valence-electron chi connectivity index (χ3n) is 25.4. The number of aromatic carboxylic acids is 1. The van der Waals surface area contributed by atoms with Gasteiger partial charge in [-0.3, -0.25) is 17.6 Å². The Hall–Kier alpha value is -17.9. The number of rotatable bonds is 14. The fourth-order valence-corrected chi connectivity index (χ4v) is 18.8. The molecule has 1 radical (unpaired) electrons. The van der Waals surface area contributed by atoms with Crippen LogP contribution in [0.2, 0.25) is 0 Å². The Morgan fingerprint density at radius 3 is 0.796 bits per heavy atom. The maximum atomic E-state index is 13.2. The van der Waals surface area contributed by atoms with Gasteiger partial charge in [-0.25, -0.2) is 9.78 Å². The van der Waals surface area contributed by atoms with E-state index in [1.807, 2.05) is 0 Å². The molecule has 0 amide bonds. The van der Waals surface area contributed by atoms with Crippen LogP contribution in [-0.2, 0) is 20.1 Å². The topological polar surface area (TPSA) is 82.4 Å². The van der Waals surface area contributed by atoms with E-state index in [9.17, 15) is 22.4 Å². The largest absolute Gasteiger partial charge is 0.477 e. The van der Waals surface area contributed by atoms with E-state index in [0.717, 1.165) is 58.4 Å². The molecule has 0 fully saturated rings. The normalized spacial score (nSPS) is 11.0.